The van der Waals surface area contributed by atoms with Crippen molar-refractivity contribution in [1.29, 1.82) is 0 Å². The smallest absolute Gasteiger partial charge is 0.337 e. The minimum atomic E-state index is -2.41. The number of methoxy groups -OCH3 is 2. The predicted molar refractivity (Wildman–Crippen MR) is 149 cm³/mol. The topological polar surface area (TPSA) is 89.0 Å². The van der Waals surface area contributed by atoms with E-state index in [1.807, 2.05) is 0 Å². The van der Waals surface area contributed by atoms with Gasteiger partial charge in [-0.2, -0.15) is 0 Å². The van der Waals surface area contributed by atoms with Crippen molar-refractivity contribution in [2.24, 2.45) is 11.3 Å². The summed E-state index contributed by atoms with van der Waals surface area (Å²) in [4.78, 5) is 16.5. The van der Waals surface area contributed by atoms with Crippen LogP contribution in [0.3, 0.4) is 0 Å². The summed E-state index contributed by atoms with van der Waals surface area (Å²) < 4.78 is 33.8. The first-order chi connectivity index (χ1) is 17.6. The van der Waals surface area contributed by atoms with Gasteiger partial charge in [-0.05, 0) is 66.7 Å². The molecule has 0 aliphatic heterocycles. The lowest BCUT2D eigenvalue weighted by Gasteiger charge is -2.37. The Balaban J connectivity index is 1.54. The highest BCUT2D eigenvalue weighted by atomic mass is 32.2. The van der Waals surface area contributed by atoms with Crippen molar-refractivity contribution in [2.75, 3.05) is 18.5 Å². The zero-order valence-corrected chi connectivity index (χ0v) is 23.5. The van der Waals surface area contributed by atoms with Gasteiger partial charge >= 0.3 is 5.97 Å². The summed E-state index contributed by atoms with van der Waals surface area (Å²) >= 11 is -1.02. The van der Waals surface area contributed by atoms with Crippen molar-refractivity contribution >= 4 is 40.1 Å². The first-order valence-electron chi connectivity index (χ1n) is 12.4. The van der Waals surface area contributed by atoms with Crippen LogP contribution in [0.2, 0.25) is 0 Å². The highest BCUT2D eigenvalue weighted by molar-refractivity contribution is 7.81. The normalized spacial score (nSPS) is 18.8. The molecule has 0 radical (unpaired) electrons. The van der Waals surface area contributed by atoms with Crippen molar-refractivity contribution in [3.8, 4) is 16.3 Å². The van der Waals surface area contributed by atoms with E-state index in [9.17, 15) is 13.6 Å². The Labute approximate surface area is 225 Å². The fraction of sp³-hybridized carbons (Fsp3) is 0.429. The van der Waals surface area contributed by atoms with Gasteiger partial charge < -0.3 is 9.47 Å². The quantitative estimate of drug-likeness (QED) is 0.251. The number of thiazole rings is 1. The van der Waals surface area contributed by atoms with E-state index in [1.54, 1.807) is 11.4 Å². The average Bonchev–Trinajstić information content (AvgIpc) is 3.37. The molecule has 1 fully saturated rings. The van der Waals surface area contributed by atoms with Crippen LogP contribution < -0.4 is 9.04 Å². The van der Waals surface area contributed by atoms with Gasteiger partial charge in [-0.1, -0.05) is 45.0 Å². The molecule has 1 aliphatic rings. The SMILES string of the molecule is COC(=O)c1ccc(N(c2csc(-c3ccc(C4CCC(C(C)(C)C)CC4)cc3)n2)S(=O)O)c(OC)c1. The molecule has 4 rings (SSSR count). The Bertz CT molecular complexity index is 1260. The summed E-state index contributed by atoms with van der Waals surface area (Å²) in [6, 6.07) is 13.1. The second kappa shape index (κ2) is 11.3. The van der Waals surface area contributed by atoms with E-state index >= 15 is 0 Å². The van der Waals surface area contributed by atoms with Crippen LogP contribution in [0, 0.1) is 11.3 Å². The number of esters is 1. The third-order valence-corrected chi connectivity index (χ3v) is 8.83. The Morgan fingerprint density at radius 1 is 1.08 bits per heavy atom. The maximum Gasteiger partial charge on any atom is 0.337 e. The molecule has 3 aromatic rings. The number of aromatic nitrogens is 1. The van der Waals surface area contributed by atoms with E-state index in [4.69, 9.17) is 9.47 Å². The third kappa shape index (κ3) is 6.05. The first-order valence-corrected chi connectivity index (χ1v) is 14.3. The van der Waals surface area contributed by atoms with E-state index in [0.717, 1.165) is 16.5 Å². The van der Waals surface area contributed by atoms with Gasteiger partial charge in [0.2, 0.25) is 0 Å². The van der Waals surface area contributed by atoms with Crippen LogP contribution in [0.25, 0.3) is 10.6 Å². The van der Waals surface area contributed by atoms with Crippen LogP contribution in [0.1, 0.15) is 68.3 Å². The molecule has 1 heterocycles. The molecule has 0 spiro atoms. The molecule has 1 atom stereocenters. The summed E-state index contributed by atoms with van der Waals surface area (Å²) in [5.74, 6) is 1.42. The van der Waals surface area contributed by atoms with Crippen molar-refractivity contribution in [3.63, 3.8) is 0 Å². The Morgan fingerprint density at radius 2 is 1.76 bits per heavy atom. The van der Waals surface area contributed by atoms with Gasteiger partial charge in [-0.25, -0.2) is 18.3 Å². The Hall–Kier alpha value is -2.75. The van der Waals surface area contributed by atoms with Gasteiger partial charge in [0.15, 0.2) is 5.82 Å². The summed E-state index contributed by atoms with van der Waals surface area (Å²) in [5, 5.41) is 2.48. The average molecular weight is 543 g/mol. The highest BCUT2D eigenvalue weighted by Gasteiger charge is 2.30. The summed E-state index contributed by atoms with van der Waals surface area (Å²) in [6.07, 6.45) is 4.97. The zero-order chi connectivity index (χ0) is 26.7. The largest absolute Gasteiger partial charge is 0.495 e. The maximum absolute atomic E-state index is 12.3. The number of hydrogen-bond acceptors (Lipinski definition) is 6. The number of carbonyl (C=O) groups excluding carboxylic acids is 1. The number of ether oxygens (including phenoxy) is 2. The molecule has 198 valence electrons. The first kappa shape index (κ1) is 27.3. The Morgan fingerprint density at radius 3 is 2.32 bits per heavy atom. The Kier molecular flexibility index (Phi) is 8.36. The van der Waals surface area contributed by atoms with Crippen LogP contribution in [0.15, 0.2) is 47.8 Å². The van der Waals surface area contributed by atoms with Crippen LogP contribution in [0.4, 0.5) is 11.5 Å². The molecule has 7 nitrogen and oxygen atoms in total. The molecule has 1 N–H and O–H groups in total. The van der Waals surface area contributed by atoms with Crippen LogP contribution in [-0.2, 0) is 16.0 Å². The summed E-state index contributed by atoms with van der Waals surface area (Å²) in [7, 11) is 2.72. The number of anilines is 2. The number of benzene rings is 2. The molecule has 0 bridgehead atoms. The standard InChI is InChI=1S/C28H34N2O5S2/c1-28(2,3)22-13-10-19(11-14-22)18-6-8-20(9-7-18)26-29-25(17-36-26)30(37(32)33)23-15-12-21(27(31)35-5)16-24(23)34-4/h6-9,12,15-17,19,22H,10-11,13-14H2,1-5H3,(H,32,33). The minimum absolute atomic E-state index is 0.255. The van der Waals surface area contributed by atoms with E-state index in [0.29, 0.717) is 22.8 Å². The molecule has 1 unspecified atom stereocenters. The number of hydrogen-bond donors (Lipinski definition) is 1. The van der Waals surface area contributed by atoms with Crippen molar-refractivity contribution in [3.05, 3.63) is 59.0 Å². The number of nitrogens with zero attached hydrogens (tertiary/aromatic N) is 2. The third-order valence-electron chi connectivity index (χ3n) is 7.26. The molecule has 2 aromatic carbocycles. The minimum Gasteiger partial charge on any atom is -0.495 e. The zero-order valence-electron chi connectivity index (χ0n) is 21.9. The van der Waals surface area contributed by atoms with Crippen molar-refractivity contribution in [1.82, 2.24) is 4.98 Å². The van der Waals surface area contributed by atoms with Crippen molar-refractivity contribution < 1.29 is 23.0 Å². The van der Waals surface area contributed by atoms with Crippen LogP contribution >= 0.6 is 11.3 Å². The molecular formula is C28H34N2O5S2. The van der Waals surface area contributed by atoms with E-state index in [2.05, 4.69) is 50.0 Å². The molecule has 0 amide bonds. The molecule has 1 saturated carbocycles. The molecular weight excluding hydrogens is 508 g/mol. The van der Waals surface area contributed by atoms with E-state index < -0.39 is 17.2 Å². The summed E-state index contributed by atoms with van der Waals surface area (Å²) in [6.45, 7) is 7.03. The van der Waals surface area contributed by atoms with Crippen LogP contribution in [0.5, 0.6) is 5.75 Å². The van der Waals surface area contributed by atoms with Gasteiger partial charge in [0, 0.05) is 10.9 Å². The van der Waals surface area contributed by atoms with Gasteiger partial charge in [0.25, 0.3) is 11.3 Å². The number of rotatable bonds is 7. The fourth-order valence-electron chi connectivity index (χ4n) is 5.06. The molecule has 37 heavy (non-hydrogen) atoms. The second-order valence-electron chi connectivity index (χ2n) is 10.5. The molecule has 9 heteroatoms. The van der Waals surface area contributed by atoms with Crippen molar-refractivity contribution in [2.45, 2.75) is 52.4 Å². The monoisotopic (exact) mass is 542 g/mol. The van der Waals surface area contributed by atoms with Crippen LogP contribution in [-0.4, -0.2) is 33.9 Å². The van der Waals surface area contributed by atoms with Gasteiger partial charge in [0.05, 0.1) is 19.8 Å². The fourth-order valence-corrected chi connectivity index (χ4v) is 6.49. The highest BCUT2D eigenvalue weighted by Crippen LogP contribution is 2.44. The maximum atomic E-state index is 12.3. The van der Waals surface area contributed by atoms with Gasteiger partial charge in [-0.3, -0.25) is 4.55 Å². The lowest BCUT2D eigenvalue weighted by molar-refractivity contribution is 0.0600. The van der Waals surface area contributed by atoms with Gasteiger partial charge in [0.1, 0.15) is 16.4 Å². The molecule has 1 aliphatic carbocycles. The predicted octanol–water partition coefficient (Wildman–Crippen LogP) is 7.20. The van der Waals surface area contributed by atoms with Gasteiger partial charge in [-0.15, -0.1) is 11.3 Å². The lowest BCUT2D eigenvalue weighted by atomic mass is 9.69. The molecule has 0 saturated heterocycles. The lowest BCUT2D eigenvalue weighted by Crippen LogP contribution is -2.25. The van der Waals surface area contributed by atoms with E-state index in [1.165, 1.54) is 73.2 Å². The van der Waals surface area contributed by atoms with E-state index in [-0.39, 0.29) is 11.3 Å². The molecule has 1 aromatic heterocycles. The second-order valence-corrected chi connectivity index (χ2v) is 12.1. The number of carbonyl (C=O) groups is 1. The summed E-state index contributed by atoms with van der Waals surface area (Å²) in [5.41, 5.74) is 3.28.